The zero-order chi connectivity index (χ0) is 14.3. The summed E-state index contributed by atoms with van der Waals surface area (Å²) >= 11 is 5.41. The Kier molecular flexibility index (Phi) is 3.24. The second-order valence-corrected chi connectivity index (χ2v) is 6.21. The lowest BCUT2D eigenvalue weighted by atomic mass is 9.95. The first kappa shape index (κ1) is 13.5. The molecule has 1 heterocycles. The second-order valence-electron chi connectivity index (χ2n) is 5.80. The number of nitrogens with one attached hydrogen (secondary N) is 1. The summed E-state index contributed by atoms with van der Waals surface area (Å²) in [7, 11) is 0. The van der Waals surface area contributed by atoms with E-state index in [-0.39, 0.29) is 5.82 Å². The first-order valence-electron chi connectivity index (χ1n) is 6.80. The van der Waals surface area contributed by atoms with Crippen LogP contribution in [0.15, 0.2) is 23.4 Å². The van der Waals surface area contributed by atoms with Crippen LogP contribution in [0.2, 0.25) is 0 Å². The highest BCUT2D eigenvalue weighted by Crippen LogP contribution is 2.30. The van der Waals surface area contributed by atoms with E-state index < -0.39 is 5.60 Å². The summed E-state index contributed by atoms with van der Waals surface area (Å²) < 4.78 is 13.5. The number of halogens is 1. The highest BCUT2D eigenvalue weighted by Gasteiger charge is 2.41. The van der Waals surface area contributed by atoms with Crippen LogP contribution in [0.1, 0.15) is 37.3 Å². The standard InChI is InChI=1S/C15H17FN2OS/c1-9-5-10(7-11(16)6-9)13-8-15(2,19-18-13)14(20)17-12-3-4-12/h5-7,12H,3-4,8H2,1-2H3,(H,17,20). The summed E-state index contributed by atoms with van der Waals surface area (Å²) in [4.78, 5) is 6.23. The molecule has 0 aromatic heterocycles. The predicted octanol–water partition coefficient (Wildman–Crippen LogP) is 3.10. The number of nitrogens with zero attached hydrogens (tertiary/aromatic N) is 1. The van der Waals surface area contributed by atoms with Crippen LogP contribution in [0.4, 0.5) is 4.39 Å². The maximum Gasteiger partial charge on any atom is 0.189 e. The molecular formula is C15H17FN2OS. The molecule has 1 unspecified atom stereocenters. The molecule has 1 aromatic carbocycles. The third-order valence-corrected chi connectivity index (χ3v) is 4.18. The van der Waals surface area contributed by atoms with Gasteiger partial charge in [-0.1, -0.05) is 17.4 Å². The summed E-state index contributed by atoms with van der Waals surface area (Å²) in [6.45, 7) is 3.79. The minimum atomic E-state index is -0.618. The van der Waals surface area contributed by atoms with Crippen LogP contribution in [-0.2, 0) is 4.84 Å². The number of hydrogen-bond donors (Lipinski definition) is 1. The molecule has 1 aliphatic heterocycles. The Morgan fingerprint density at radius 3 is 2.85 bits per heavy atom. The molecule has 2 aliphatic rings. The molecule has 3 rings (SSSR count). The number of rotatable bonds is 3. The van der Waals surface area contributed by atoms with Crippen molar-refractivity contribution in [3.8, 4) is 0 Å². The van der Waals surface area contributed by atoms with E-state index in [4.69, 9.17) is 17.1 Å². The highest BCUT2D eigenvalue weighted by atomic mass is 32.1. The summed E-state index contributed by atoms with van der Waals surface area (Å²) in [5.41, 5.74) is 1.76. The van der Waals surface area contributed by atoms with Crippen molar-refractivity contribution in [3.05, 3.63) is 35.1 Å². The third kappa shape index (κ3) is 2.68. The molecule has 106 valence electrons. The van der Waals surface area contributed by atoms with Crippen LogP contribution in [0.25, 0.3) is 0 Å². The Hall–Kier alpha value is -1.49. The van der Waals surface area contributed by atoms with Crippen molar-refractivity contribution in [3.63, 3.8) is 0 Å². The van der Waals surface area contributed by atoms with E-state index in [1.807, 2.05) is 19.9 Å². The van der Waals surface area contributed by atoms with Gasteiger partial charge >= 0.3 is 0 Å². The molecule has 0 radical (unpaired) electrons. The fourth-order valence-corrected chi connectivity index (χ4v) is 2.56. The van der Waals surface area contributed by atoms with Gasteiger partial charge in [0.2, 0.25) is 0 Å². The molecule has 5 heteroatoms. The van der Waals surface area contributed by atoms with Crippen LogP contribution in [0, 0.1) is 12.7 Å². The average Bonchev–Trinajstić information content (AvgIpc) is 3.08. The number of thiocarbonyl (C=S) groups is 1. The Morgan fingerprint density at radius 1 is 1.45 bits per heavy atom. The molecule has 1 saturated carbocycles. The van der Waals surface area contributed by atoms with Crippen LogP contribution < -0.4 is 5.32 Å². The Morgan fingerprint density at radius 2 is 2.20 bits per heavy atom. The van der Waals surface area contributed by atoms with Gasteiger partial charge in [0.25, 0.3) is 0 Å². The Labute approximate surface area is 123 Å². The molecule has 0 spiro atoms. The Balaban J connectivity index is 1.75. The molecule has 1 atom stereocenters. The van der Waals surface area contributed by atoms with Crippen LogP contribution in [0.5, 0.6) is 0 Å². The molecule has 1 fully saturated rings. The van der Waals surface area contributed by atoms with Gasteiger partial charge in [-0.3, -0.25) is 0 Å². The number of oxime groups is 1. The van der Waals surface area contributed by atoms with Gasteiger partial charge in [0.05, 0.1) is 5.71 Å². The first-order valence-corrected chi connectivity index (χ1v) is 7.21. The molecule has 1 aromatic rings. The highest BCUT2D eigenvalue weighted by molar-refractivity contribution is 7.80. The zero-order valence-electron chi connectivity index (χ0n) is 11.6. The van der Waals surface area contributed by atoms with E-state index in [0.717, 1.165) is 29.7 Å². The molecule has 3 nitrogen and oxygen atoms in total. The maximum absolute atomic E-state index is 13.5. The van der Waals surface area contributed by atoms with Crippen LogP contribution in [0.3, 0.4) is 0 Å². The zero-order valence-corrected chi connectivity index (χ0v) is 12.4. The summed E-state index contributed by atoms with van der Waals surface area (Å²) in [5, 5.41) is 7.40. The fraction of sp³-hybridized carbons (Fsp3) is 0.467. The van der Waals surface area contributed by atoms with Crippen LogP contribution >= 0.6 is 12.2 Å². The number of hydrogen-bond acceptors (Lipinski definition) is 3. The predicted molar refractivity (Wildman–Crippen MR) is 80.5 cm³/mol. The van der Waals surface area contributed by atoms with Crippen LogP contribution in [-0.4, -0.2) is 22.3 Å². The molecular weight excluding hydrogens is 275 g/mol. The van der Waals surface area contributed by atoms with E-state index in [1.54, 1.807) is 0 Å². The van der Waals surface area contributed by atoms with Gasteiger partial charge in [-0.25, -0.2) is 4.39 Å². The monoisotopic (exact) mass is 292 g/mol. The summed E-state index contributed by atoms with van der Waals surface area (Å²) in [6, 6.07) is 5.38. The lowest BCUT2D eigenvalue weighted by Gasteiger charge is -2.23. The first-order chi connectivity index (χ1) is 9.46. The second kappa shape index (κ2) is 4.81. The van der Waals surface area contributed by atoms with Crippen molar-refractivity contribution >= 4 is 22.9 Å². The van der Waals surface area contributed by atoms with E-state index >= 15 is 0 Å². The van der Waals surface area contributed by atoms with Crippen molar-refractivity contribution < 1.29 is 9.23 Å². The number of benzene rings is 1. The smallest absolute Gasteiger partial charge is 0.189 e. The summed E-state index contributed by atoms with van der Waals surface area (Å²) in [5.74, 6) is -0.255. The van der Waals surface area contributed by atoms with E-state index in [0.29, 0.717) is 17.5 Å². The van der Waals surface area contributed by atoms with E-state index in [2.05, 4.69) is 10.5 Å². The molecule has 0 saturated heterocycles. The Bertz CT molecular complexity index is 577. The van der Waals surface area contributed by atoms with Gasteiger partial charge in [0, 0.05) is 18.0 Å². The van der Waals surface area contributed by atoms with Gasteiger partial charge < -0.3 is 10.2 Å². The number of aryl methyl sites for hydroxylation is 1. The fourth-order valence-electron chi connectivity index (χ4n) is 2.29. The molecule has 0 bridgehead atoms. The van der Waals surface area contributed by atoms with Crippen molar-refractivity contribution in [2.75, 3.05) is 0 Å². The van der Waals surface area contributed by atoms with Crippen molar-refractivity contribution in [2.45, 2.75) is 44.8 Å². The minimum Gasteiger partial charge on any atom is -0.381 e. The van der Waals surface area contributed by atoms with E-state index in [9.17, 15) is 4.39 Å². The molecule has 20 heavy (non-hydrogen) atoms. The SMILES string of the molecule is Cc1cc(F)cc(C2=NOC(C)(C(=S)NC3CC3)C2)c1. The molecule has 1 aliphatic carbocycles. The lowest BCUT2D eigenvalue weighted by Crippen LogP contribution is -2.44. The lowest BCUT2D eigenvalue weighted by molar-refractivity contribution is 0.0516. The quantitative estimate of drug-likeness (QED) is 0.869. The summed E-state index contributed by atoms with van der Waals surface area (Å²) in [6.07, 6.45) is 2.88. The van der Waals surface area contributed by atoms with Gasteiger partial charge in [0.15, 0.2) is 5.60 Å². The van der Waals surface area contributed by atoms with Crippen molar-refractivity contribution in [2.24, 2.45) is 5.16 Å². The van der Waals surface area contributed by atoms with Gasteiger partial charge in [0.1, 0.15) is 10.8 Å². The molecule has 0 amide bonds. The van der Waals surface area contributed by atoms with Gasteiger partial charge in [-0.2, -0.15) is 0 Å². The normalized spacial score (nSPS) is 25.1. The van der Waals surface area contributed by atoms with Crippen molar-refractivity contribution in [1.82, 2.24) is 5.32 Å². The topological polar surface area (TPSA) is 33.6 Å². The van der Waals surface area contributed by atoms with Crippen molar-refractivity contribution in [1.29, 1.82) is 0 Å². The average molecular weight is 292 g/mol. The van der Waals surface area contributed by atoms with E-state index in [1.165, 1.54) is 12.1 Å². The largest absolute Gasteiger partial charge is 0.381 e. The van der Waals surface area contributed by atoms with Gasteiger partial charge in [-0.05, 0) is 50.5 Å². The van der Waals surface area contributed by atoms with Gasteiger partial charge in [-0.15, -0.1) is 0 Å². The minimum absolute atomic E-state index is 0.255. The molecule has 1 N–H and O–H groups in total. The maximum atomic E-state index is 13.5. The third-order valence-electron chi connectivity index (χ3n) is 3.63.